The number of carbonyl (C=O) groups is 1. The van der Waals surface area contributed by atoms with Gasteiger partial charge in [-0.2, -0.15) is 0 Å². The van der Waals surface area contributed by atoms with Crippen LogP contribution in [-0.4, -0.2) is 34.7 Å². The maximum absolute atomic E-state index is 13.4. The highest BCUT2D eigenvalue weighted by molar-refractivity contribution is 8.01. The first-order valence-electron chi connectivity index (χ1n) is 8.81. The van der Waals surface area contributed by atoms with Crippen LogP contribution in [0.4, 0.5) is 0 Å². The van der Waals surface area contributed by atoms with Gasteiger partial charge >= 0.3 is 0 Å². The number of benzene rings is 1. The fraction of sp³-hybridized carbons (Fsp3) is 0.632. The van der Waals surface area contributed by atoms with Gasteiger partial charge in [0.05, 0.1) is 4.75 Å². The van der Waals surface area contributed by atoms with Crippen LogP contribution in [0, 0.1) is 12.8 Å². The first kappa shape index (κ1) is 19.6. The quantitative estimate of drug-likeness (QED) is 0.873. The third-order valence-corrected chi connectivity index (χ3v) is 6.87. The lowest BCUT2D eigenvalue weighted by Gasteiger charge is -2.34. The van der Waals surface area contributed by atoms with Crippen LogP contribution in [0.3, 0.4) is 0 Å². The van der Waals surface area contributed by atoms with Crippen molar-refractivity contribution < 1.29 is 4.79 Å². The lowest BCUT2D eigenvalue weighted by Crippen LogP contribution is -2.47. The van der Waals surface area contributed by atoms with Crippen molar-refractivity contribution in [3.05, 3.63) is 29.8 Å². The first-order valence-corrected chi connectivity index (χ1v) is 9.62. The SMILES string of the molecule is Cc1ccc(SC2(C(=O)N3CC(CN)CC3C)CCCC2)cc1.Cl. The number of thioether (sulfide) groups is 1. The van der Waals surface area contributed by atoms with Crippen molar-refractivity contribution in [2.75, 3.05) is 13.1 Å². The molecule has 2 atom stereocenters. The highest BCUT2D eigenvalue weighted by Gasteiger charge is 2.47. The Morgan fingerprint density at radius 2 is 1.92 bits per heavy atom. The van der Waals surface area contributed by atoms with Crippen molar-refractivity contribution in [1.82, 2.24) is 4.90 Å². The molecule has 3 nitrogen and oxygen atoms in total. The Hall–Kier alpha value is -0.710. The number of amides is 1. The van der Waals surface area contributed by atoms with E-state index in [9.17, 15) is 4.79 Å². The van der Waals surface area contributed by atoms with Crippen LogP contribution in [0.15, 0.2) is 29.2 Å². The van der Waals surface area contributed by atoms with Gasteiger partial charge < -0.3 is 10.6 Å². The molecule has 1 amide bonds. The number of halogens is 1. The van der Waals surface area contributed by atoms with Crippen molar-refractivity contribution in [1.29, 1.82) is 0 Å². The summed E-state index contributed by atoms with van der Waals surface area (Å²) in [5.41, 5.74) is 7.10. The lowest BCUT2D eigenvalue weighted by molar-refractivity contribution is -0.134. The summed E-state index contributed by atoms with van der Waals surface area (Å²) in [5, 5.41) is 0. The van der Waals surface area contributed by atoms with E-state index in [-0.39, 0.29) is 17.2 Å². The number of nitrogens with two attached hydrogens (primary N) is 1. The highest BCUT2D eigenvalue weighted by atomic mass is 35.5. The van der Waals surface area contributed by atoms with Gasteiger partial charge in [0.15, 0.2) is 0 Å². The number of aryl methyl sites for hydroxylation is 1. The second-order valence-corrected chi connectivity index (χ2v) is 8.72. The average molecular weight is 369 g/mol. The summed E-state index contributed by atoms with van der Waals surface area (Å²) in [5.74, 6) is 0.820. The van der Waals surface area contributed by atoms with Crippen LogP contribution in [0.5, 0.6) is 0 Å². The maximum Gasteiger partial charge on any atom is 0.239 e. The summed E-state index contributed by atoms with van der Waals surface area (Å²) in [4.78, 5) is 16.7. The molecule has 1 heterocycles. The van der Waals surface area contributed by atoms with E-state index >= 15 is 0 Å². The molecule has 1 saturated carbocycles. The average Bonchev–Trinajstić information content (AvgIpc) is 3.16. The van der Waals surface area contributed by atoms with E-state index in [4.69, 9.17) is 5.73 Å². The number of nitrogens with zero attached hydrogens (tertiary/aromatic N) is 1. The van der Waals surface area contributed by atoms with Crippen LogP contribution in [0.1, 0.15) is 44.6 Å². The van der Waals surface area contributed by atoms with E-state index in [0.29, 0.717) is 24.4 Å². The van der Waals surface area contributed by atoms with E-state index < -0.39 is 0 Å². The van der Waals surface area contributed by atoms with Crippen LogP contribution < -0.4 is 5.73 Å². The van der Waals surface area contributed by atoms with Gasteiger partial charge in [-0.1, -0.05) is 30.5 Å². The predicted octanol–water partition coefficient (Wildman–Crippen LogP) is 4.02. The molecule has 1 aliphatic carbocycles. The normalized spacial score (nSPS) is 25.5. The summed E-state index contributed by atoms with van der Waals surface area (Å²) >= 11 is 1.79. The molecule has 2 fully saturated rings. The number of carbonyl (C=O) groups excluding carboxylic acids is 1. The van der Waals surface area contributed by atoms with Gasteiger partial charge in [-0.15, -0.1) is 24.2 Å². The molecular weight excluding hydrogens is 340 g/mol. The second-order valence-electron chi connectivity index (χ2n) is 7.26. The number of likely N-dealkylation sites (tertiary alicyclic amines) is 1. The third-order valence-electron chi connectivity index (χ3n) is 5.39. The molecule has 5 heteroatoms. The standard InChI is InChI=1S/C19H28N2OS.ClH/c1-14-5-7-17(8-6-14)23-19(9-3-4-10-19)18(22)21-13-16(12-20)11-15(21)2;/h5-8,15-16H,3-4,9-13,20H2,1-2H3;1H. The molecule has 24 heavy (non-hydrogen) atoms. The molecule has 3 rings (SSSR count). The van der Waals surface area contributed by atoms with Gasteiger partial charge in [0.1, 0.15) is 0 Å². The van der Waals surface area contributed by atoms with E-state index in [1.807, 2.05) is 0 Å². The molecule has 0 bridgehead atoms. The van der Waals surface area contributed by atoms with Crippen LogP contribution >= 0.6 is 24.2 Å². The van der Waals surface area contributed by atoms with Gasteiger partial charge in [0, 0.05) is 17.5 Å². The van der Waals surface area contributed by atoms with Crippen molar-refractivity contribution in [3.8, 4) is 0 Å². The molecule has 1 aromatic carbocycles. The molecule has 2 aliphatic rings. The minimum atomic E-state index is -0.257. The van der Waals surface area contributed by atoms with Crippen molar-refractivity contribution in [2.24, 2.45) is 11.7 Å². The Labute approximate surface area is 156 Å². The highest BCUT2D eigenvalue weighted by Crippen LogP contribution is 2.47. The fourth-order valence-corrected chi connectivity index (χ4v) is 5.42. The number of hydrogen-bond donors (Lipinski definition) is 1. The topological polar surface area (TPSA) is 46.3 Å². The van der Waals surface area contributed by atoms with Gasteiger partial charge in [-0.25, -0.2) is 0 Å². The van der Waals surface area contributed by atoms with Crippen LogP contribution in [-0.2, 0) is 4.79 Å². The monoisotopic (exact) mass is 368 g/mol. The van der Waals surface area contributed by atoms with Gasteiger partial charge in [0.2, 0.25) is 5.91 Å². The number of rotatable bonds is 4. The van der Waals surface area contributed by atoms with Crippen molar-refractivity contribution >= 4 is 30.1 Å². The molecule has 134 valence electrons. The van der Waals surface area contributed by atoms with E-state index in [1.165, 1.54) is 10.5 Å². The Morgan fingerprint density at radius 3 is 2.46 bits per heavy atom. The zero-order valence-electron chi connectivity index (χ0n) is 14.7. The largest absolute Gasteiger partial charge is 0.338 e. The Kier molecular flexibility index (Phi) is 6.63. The molecule has 0 aromatic heterocycles. The smallest absolute Gasteiger partial charge is 0.239 e. The summed E-state index contributed by atoms with van der Waals surface area (Å²) < 4.78 is -0.257. The lowest BCUT2D eigenvalue weighted by atomic mass is 10.0. The van der Waals surface area contributed by atoms with Crippen molar-refractivity contribution in [2.45, 2.75) is 61.6 Å². The van der Waals surface area contributed by atoms with E-state index in [0.717, 1.165) is 38.6 Å². The molecular formula is C19H29ClN2OS. The zero-order valence-corrected chi connectivity index (χ0v) is 16.3. The summed E-state index contributed by atoms with van der Waals surface area (Å²) in [7, 11) is 0. The second kappa shape index (κ2) is 8.11. The van der Waals surface area contributed by atoms with Crippen LogP contribution in [0.25, 0.3) is 0 Å². The molecule has 1 aromatic rings. The summed E-state index contributed by atoms with van der Waals surface area (Å²) in [6.07, 6.45) is 5.37. The molecule has 1 saturated heterocycles. The van der Waals surface area contributed by atoms with Gasteiger partial charge in [0.25, 0.3) is 0 Å². The minimum Gasteiger partial charge on any atom is -0.338 e. The summed E-state index contributed by atoms with van der Waals surface area (Å²) in [6.45, 7) is 5.80. The van der Waals surface area contributed by atoms with Crippen LogP contribution in [0.2, 0.25) is 0 Å². The molecule has 2 N–H and O–H groups in total. The summed E-state index contributed by atoms with van der Waals surface area (Å²) in [6, 6.07) is 8.91. The zero-order chi connectivity index (χ0) is 16.4. The molecule has 0 radical (unpaired) electrons. The minimum absolute atomic E-state index is 0. The fourth-order valence-electron chi connectivity index (χ4n) is 4.00. The first-order chi connectivity index (χ1) is 11.0. The molecule has 1 aliphatic heterocycles. The van der Waals surface area contributed by atoms with E-state index in [2.05, 4.69) is 43.0 Å². The van der Waals surface area contributed by atoms with E-state index in [1.54, 1.807) is 11.8 Å². The number of hydrogen-bond acceptors (Lipinski definition) is 3. The van der Waals surface area contributed by atoms with Crippen molar-refractivity contribution in [3.63, 3.8) is 0 Å². The molecule has 0 spiro atoms. The maximum atomic E-state index is 13.4. The van der Waals surface area contributed by atoms with Gasteiger partial charge in [-0.3, -0.25) is 4.79 Å². The van der Waals surface area contributed by atoms with Gasteiger partial charge in [-0.05, 0) is 57.7 Å². The predicted molar refractivity (Wildman–Crippen MR) is 104 cm³/mol. The third kappa shape index (κ3) is 3.92. The Bertz CT molecular complexity index is 557. The molecule has 2 unspecified atom stereocenters. The Morgan fingerprint density at radius 1 is 1.29 bits per heavy atom. The Balaban J connectivity index is 0.00000208.